The summed E-state index contributed by atoms with van der Waals surface area (Å²) in [6.45, 7) is 8.84. The van der Waals surface area contributed by atoms with Crippen LogP contribution in [-0.4, -0.2) is 52.6 Å². The molecule has 1 aliphatic rings. The van der Waals surface area contributed by atoms with Crippen LogP contribution in [0, 0.1) is 0 Å². The Balaban J connectivity index is 2.31. The molecule has 1 aliphatic heterocycles. The van der Waals surface area contributed by atoms with Crippen LogP contribution >= 0.6 is 24.0 Å². The molecule has 1 rings (SSSR count). The average Bonchev–Trinajstić information content (AvgIpc) is 2.04. The zero-order valence-corrected chi connectivity index (χ0v) is 10.2. The lowest BCUT2D eigenvalue weighted by atomic mass is 10.4. The highest BCUT2D eigenvalue weighted by molar-refractivity contribution is 8.23. The van der Waals surface area contributed by atoms with E-state index in [0.29, 0.717) is 5.25 Å². The molecule has 0 saturated carbocycles. The zero-order valence-electron chi connectivity index (χ0n) is 8.62. The van der Waals surface area contributed by atoms with Crippen molar-refractivity contribution in [1.29, 1.82) is 0 Å². The van der Waals surface area contributed by atoms with Gasteiger partial charge in [0.15, 0.2) is 0 Å². The van der Waals surface area contributed by atoms with Crippen molar-refractivity contribution in [1.82, 2.24) is 9.80 Å². The maximum absolute atomic E-state index is 5.36. The Morgan fingerprint density at radius 2 is 1.77 bits per heavy atom. The quantitative estimate of drug-likeness (QED) is 0.617. The van der Waals surface area contributed by atoms with Crippen molar-refractivity contribution < 1.29 is 0 Å². The van der Waals surface area contributed by atoms with Crippen molar-refractivity contribution in [2.75, 3.05) is 33.2 Å². The van der Waals surface area contributed by atoms with Crippen LogP contribution in [0.2, 0.25) is 0 Å². The van der Waals surface area contributed by atoms with Gasteiger partial charge < -0.3 is 9.80 Å². The standard InChI is InChI=1S/C9H18N2S2/c1-8(2)13-9(12)11-6-4-10(3)5-7-11/h8H,4-7H2,1-3H3. The van der Waals surface area contributed by atoms with Gasteiger partial charge in [0.05, 0.1) is 0 Å². The van der Waals surface area contributed by atoms with E-state index in [-0.39, 0.29) is 0 Å². The molecule has 13 heavy (non-hydrogen) atoms. The van der Waals surface area contributed by atoms with E-state index in [2.05, 4.69) is 30.7 Å². The van der Waals surface area contributed by atoms with Crippen LogP contribution in [0.1, 0.15) is 13.8 Å². The second kappa shape index (κ2) is 5.17. The molecular formula is C9H18N2S2. The number of hydrogen-bond acceptors (Lipinski definition) is 3. The van der Waals surface area contributed by atoms with Crippen molar-refractivity contribution in [3.63, 3.8) is 0 Å². The van der Waals surface area contributed by atoms with Crippen LogP contribution < -0.4 is 0 Å². The zero-order chi connectivity index (χ0) is 9.84. The summed E-state index contributed by atoms with van der Waals surface area (Å²) in [6, 6.07) is 0. The van der Waals surface area contributed by atoms with Crippen molar-refractivity contribution in [2.24, 2.45) is 0 Å². The normalized spacial score (nSPS) is 19.5. The minimum absolute atomic E-state index is 0.604. The molecule has 1 saturated heterocycles. The first-order chi connectivity index (χ1) is 6.09. The van der Waals surface area contributed by atoms with E-state index in [1.54, 1.807) is 11.8 Å². The van der Waals surface area contributed by atoms with Gasteiger partial charge in [-0.2, -0.15) is 0 Å². The number of thiocarbonyl (C=S) groups is 1. The second-order valence-corrected chi connectivity index (χ2v) is 5.93. The molecule has 76 valence electrons. The third-order valence-electron chi connectivity index (χ3n) is 2.10. The Morgan fingerprint density at radius 1 is 1.23 bits per heavy atom. The smallest absolute Gasteiger partial charge is 0.136 e. The molecule has 0 aliphatic carbocycles. The molecule has 0 unspecified atom stereocenters. The molecule has 0 N–H and O–H groups in total. The summed E-state index contributed by atoms with van der Waals surface area (Å²) in [6.07, 6.45) is 0. The molecule has 1 fully saturated rings. The van der Waals surface area contributed by atoms with E-state index in [1.165, 1.54) is 0 Å². The first kappa shape index (κ1) is 11.3. The summed E-state index contributed by atoms with van der Waals surface area (Å²) in [7, 11) is 2.16. The van der Waals surface area contributed by atoms with Crippen LogP contribution in [0.5, 0.6) is 0 Å². The minimum atomic E-state index is 0.604. The average molecular weight is 218 g/mol. The first-order valence-corrected chi connectivity index (χ1v) is 6.02. The molecular weight excluding hydrogens is 200 g/mol. The molecule has 1 heterocycles. The molecule has 0 spiro atoms. The van der Waals surface area contributed by atoms with Crippen molar-refractivity contribution in [3.05, 3.63) is 0 Å². The summed E-state index contributed by atoms with van der Waals surface area (Å²) in [5, 5.41) is 0.604. The largest absolute Gasteiger partial charge is 0.355 e. The predicted octanol–water partition coefficient (Wildman–Crippen LogP) is 1.66. The second-order valence-electron chi connectivity index (χ2n) is 3.72. The third kappa shape index (κ3) is 3.83. The summed E-state index contributed by atoms with van der Waals surface area (Å²) in [5.41, 5.74) is 0. The molecule has 0 amide bonds. The summed E-state index contributed by atoms with van der Waals surface area (Å²) in [4.78, 5) is 4.67. The first-order valence-electron chi connectivity index (χ1n) is 4.73. The SMILES string of the molecule is CC(C)SC(=S)N1CCN(C)CC1. The predicted molar refractivity (Wildman–Crippen MR) is 64.4 cm³/mol. The van der Waals surface area contributed by atoms with Crippen LogP contribution in [0.4, 0.5) is 0 Å². The fraction of sp³-hybridized carbons (Fsp3) is 0.889. The lowest BCUT2D eigenvalue weighted by Crippen LogP contribution is -2.46. The van der Waals surface area contributed by atoms with E-state index in [1.807, 2.05) is 0 Å². The van der Waals surface area contributed by atoms with Gasteiger partial charge in [-0.15, -0.1) is 0 Å². The third-order valence-corrected chi connectivity index (χ3v) is 3.58. The van der Waals surface area contributed by atoms with E-state index in [9.17, 15) is 0 Å². The Hall–Kier alpha value is 0.200. The maximum Gasteiger partial charge on any atom is 0.136 e. The van der Waals surface area contributed by atoms with Crippen LogP contribution in [0.15, 0.2) is 0 Å². The molecule has 0 aromatic carbocycles. The molecule has 0 aromatic heterocycles. The number of hydrogen-bond donors (Lipinski definition) is 0. The summed E-state index contributed by atoms with van der Waals surface area (Å²) < 4.78 is 1.07. The van der Waals surface area contributed by atoms with Gasteiger partial charge in [-0.25, -0.2) is 0 Å². The highest BCUT2D eigenvalue weighted by Gasteiger charge is 2.16. The van der Waals surface area contributed by atoms with E-state index in [4.69, 9.17) is 12.2 Å². The van der Waals surface area contributed by atoms with Crippen LogP contribution in [0.25, 0.3) is 0 Å². The lowest BCUT2D eigenvalue weighted by molar-refractivity contribution is 0.220. The highest BCUT2D eigenvalue weighted by atomic mass is 32.2. The van der Waals surface area contributed by atoms with Gasteiger partial charge in [0, 0.05) is 31.4 Å². The van der Waals surface area contributed by atoms with Gasteiger partial charge in [-0.1, -0.05) is 37.8 Å². The number of thioether (sulfide) groups is 1. The number of likely N-dealkylation sites (N-methyl/N-ethyl adjacent to an activating group) is 1. The van der Waals surface area contributed by atoms with E-state index in [0.717, 1.165) is 30.5 Å². The lowest BCUT2D eigenvalue weighted by Gasteiger charge is -2.34. The Morgan fingerprint density at radius 3 is 2.23 bits per heavy atom. The van der Waals surface area contributed by atoms with Gasteiger partial charge in [0.2, 0.25) is 0 Å². The van der Waals surface area contributed by atoms with Crippen molar-refractivity contribution in [2.45, 2.75) is 19.1 Å². The van der Waals surface area contributed by atoms with E-state index >= 15 is 0 Å². The number of rotatable bonds is 1. The summed E-state index contributed by atoms with van der Waals surface area (Å²) >= 11 is 7.16. The minimum Gasteiger partial charge on any atom is -0.355 e. The van der Waals surface area contributed by atoms with Crippen LogP contribution in [-0.2, 0) is 0 Å². The van der Waals surface area contributed by atoms with Crippen molar-refractivity contribution >= 4 is 28.3 Å². The van der Waals surface area contributed by atoms with E-state index < -0.39 is 0 Å². The monoisotopic (exact) mass is 218 g/mol. The van der Waals surface area contributed by atoms with Gasteiger partial charge in [0.25, 0.3) is 0 Å². The molecule has 0 bridgehead atoms. The van der Waals surface area contributed by atoms with Gasteiger partial charge >= 0.3 is 0 Å². The fourth-order valence-corrected chi connectivity index (χ4v) is 2.76. The van der Waals surface area contributed by atoms with Gasteiger partial charge in [-0.05, 0) is 7.05 Å². The summed E-state index contributed by atoms with van der Waals surface area (Å²) in [5.74, 6) is 0. The number of nitrogens with zero attached hydrogens (tertiary/aromatic N) is 2. The topological polar surface area (TPSA) is 6.48 Å². The molecule has 0 aromatic rings. The Bertz CT molecular complexity index is 174. The molecule has 4 heteroatoms. The highest BCUT2D eigenvalue weighted by Crippen LogP contribution is 2.16. The van der Waals surface area contributed by atoms with Gasteiger partial charge in [0.1, 0.15) is 4.32 Å². The maximum atomic E-state index is 5.36. The molecule has 0 radical (unpaired) electrons. The van der Waals surface area contributed by atoms with Crippen LogP contribution in [0.3, 0.4) is 0 Å². The molecule has 0 atom stereocenters. The molecule has 2 nitrogen and oxygen atoms in total. The van der Waals surface area contributed by atoms with Gasteiger partial charge in [-0.3, -0.25) is 0 Å². The Kier molecular flexibility index (Phi) is 4.49. The fourth-order valence-electron chi connectivity index (χ4n) is 1.27. The number of piperazine rings is 1. The van der Waals surface area contributed by atoms with Crippen molar-refractivity contribution in [3.8, 4) is 0 Å². The Labute approximate surface area is 90.7 Å².